The van der Waals surface area contributed by atoms with Crippen molar-refractivity contribution in [3.05, 3.63) is 53.6 Å². The summed E-state index contributed by atoms with van der Waals surface area (Å²) in [6.45, 7) is 8.85. The van der Waals surface area contributed by atoms with Crippen LogP contribution in [-0.2, 0) is 20.2 Å². The van der Waals surface area contributed by atoms with Gasteiger partial charge in [0.2, 0.25) is 5.91 Å². The molecule has 1 aliphatic rings. The number of sulfonamides is 1. The van der Waals surface area contributed by atoms with Gasteiger partial charge in [0.15, 0.2) is 0 Å². The van der Waals surface area contributed by atoms with Gasteiger partial charge in [0.05, 0.1) is 10.6 Å². The van der Waals surface area contributed by atoms with Crippen LogP contribution in [0.5, 0.6) is 0 Å². The van der Waals surface area contributed by atoms with Gasteiger partial charge in [-0.05, 0) is 54.2 Å². The van der Waals surface area contributed by atoms with Gasteiger partial charge in [0.25, 0.3) is 10.0 Å². The van der Waals surface area contributed by atoms with Crippen molar-refractivity contribution in [2.45, 2.75) is 50.8 Å². The Kier molecular flexibility index (Phi) is 5.04. The fourth-order valence-corrected chi connectivity index (χ4v) is 4.26. The van der Waals surface area contributed by atoms with Crippen LogP contribution < -0.4 is 9.62 Å². The van der Waals surface area contributed by atoms with Gasteiger partial charge in [-0.2, -0.15) is 0 Å². The molecule has 1 amide bonds. The largest absolute Gasteiger partial charge is 0.312 e. The highest BCUT2D eigenvalue weighted by Gasteiger charge is 2.24. The normalized spacial score (nSPS) is 15.3. The fourth-order valence-electron chi connectivity index (χ4n) is 3.21. The Morgan fingerprint density at radius 1 is 1.04 bits per heavy atom. The van der Waals surface area contributed by atoms with Crippen molar-refractivity contribution in [3.8, 4) is 0 Å². The summed E-state index contributed by atoms with van der Waals surface area (Å²) >= 11 is 0. The van der Waals surface area contributed by atoms with E-state index in [1.807, 2.05) is 25.1 Å². The number of rotatable bonds is 4. The predicted octanol–water partition coefficient (Wildman–Crippen LogP) is 4.22. The average Bonchev–Trinajstić information content (AvgIpc) is 3.01. The van der Waals surface area contributed by atoms with E-state index < -0.39 is 10.0 Å². The molecule has 0 atom stereocenters. The van der Waals surface area contributed by atoms with Gasteiger partial charge >= 0.3 is 0 Å². The number of amides is 1. The molecule has 1 heterocycles. The van der Waals surface area contributed by atoms with Crippen molar-refractivity contribution in [2.75, 3.05) is 16.2 Å². The van der Waals surface area contributed by atoms with Crippen molar-refractivity contribution < 1.29 is 13.2 Å². The molecule has 2 aromatic rings. The summed E-state index contributed by atoms with van der Waals surface area (Å²) in [4.78, 5) is 14.0. The van der Waals surface area contributed by atoms with E-state index >= 15 is 0 Å². The number of anilines is 2. The van der Waals surface area contributed by atoms with E-state index in [-0.39, 0.29) is 16.2 Å². The van der Waals surface area contributed by atoms with Crippen molar-refractivity contribution in [2.24, 2.45) is 0 Å². The minimum atomic E-state index is -3.70. The summed E-state index contributed by atoms with van der Waals surface area (Å²) in [5.74, 6) is 0.0795. The second kappa shape index (κ2) is 7.00. The van der Waals surface area contributed by atoms with Crippen LogP contribution in [0, 0.1) is 6.92 Å². The molecule has 1 fully saturated rings. The number of nitrogens with zero attached hydrogens (tertiary/aromatic N) is 1. The molecule has 5 nitrogen and oxygen atoms in total. The molecule has 0 saturated carbocycles. The summed E-state index contributed by atoms with van der Waals surface area (Å²) < 4.78 is 28.1. The van der Waals surface area contributed by atoms with Gasteiger partial charge in [0, 0.05) is 18.7 Å². The van der Waals surface area contributed by atoms with Crippen LogP contribution in [0.25, 0.3) is 0 Å². The molecular weight excluding hydrogens is 360 g/mol. The standard InChI is InChI=1S/C21H26N2O3S/c1-15-7-10-17(14-19(15)23-13-5-6-20(23)24)22-27(25,26)18-11-8-16(9-12-18)21(2,3)4/h7-12,14,22H,5-6,13H2,1-4H3. The first kappa shape index (κ1) is 19.4. The number of nitrogens with one attached hydrogen (secondary N) is 1. The quantitative estimate of drug-likeness (QED) is 0.855. The SMILES string of the molecule is Cc1ccc(NS(=O)(=O)c2ccc(C(C)(C)C)cc2)cc1N1CCCC1=O. The summed E-state index contributed by atoms with van der Waals surface area (Å²) in [5, 5.41) is 0. The Labute approximate surface area is 161 Å². The van der Waals surface area contributed by atoms with Gasteiger partial charge in [0.1, 0.15) is 0 Å². The van der Waals surface area contributed by atoms with Gasteiger partial charge in [-0.25, -0.2) is 8.42 Å². The molecule has 1 saturated heterocycles. The Morgan fingerprint density at radius 2 is 1.70 bits per heavy atom. The summed E-state index contributed by atoms with van der Waals surface area (Å²) in [6.07, 6.45) is 1.36. The van der Waals surface area contributed by atoms with Crippen molar-refractivity contribution in [1.82, 2.24) is 0 Å². The molecule has 0 aliphatic carbocycles. The smallest absolute Gasteiger partial charge is 0.261 e. The van der Waals surface area contributed by atoms with E-state index in [4.69, 9.17) is 0 Å². The van der Waals surface area contributed by atoms with Crippen molar-refractivity contribution in [3.63, 3.8) is 0 Å². The fraction of sp³-hybridized carbons (Fsp3) is 0.381. The zero-order valence-electron chi connectivity index (χ0n) is 16.2. The molecule has 0 aromatic heterocycles. The van der Waals surface area contributed by atoms with Crippen LogP contribution in [0.2, 0.25) is 0 Å². The number of carbonyl (C=O) groups is 1. The van der Waals surface area contributed by atoms with E-state index in [0.717, 1.165) is 23.2 Å². The molecule has 1 N–H and O–H groups in total. The molecule has 27 heavy (non-hydrogen) atoms. The number of hydrogen-bond acceptors (Lipinski definition) is 3. The average molecular weight is 387 g/mol. The first-order valence-electron chi connectivity index (χ1n) is 9.12. The second-order valence-electron chi connectivity index (χ2n) is 8.03. The van der Waals surface area contributed by atoms with Gasteiger partial charge in [-0.1, -0.05) is 39.0 Å². The van der Waals surface area contributed by atoms with E-state index in [9.17, 15) is 13.2 Å². The zero-order chi connectivity index (χ0) is 19.8. The van der Waals surface area contributed by atoms with Gasteiger partial charge in [-0.3, -0.25) is 9.52 Å². The lowest BCUT2D eigenvalue weighted by atomic mass is 9.87. The molecule has 0 unspecified atom stereocenters. The Balaban J connectivity index is 1.87. The van der Waals surface area contributed by atoms with E-state index in [1.54, 1.807) is 29.2 Å². The zero-order valence-corrected chi connectivity index (χ0v) is 17.1. The maximum Gasteiger partial charge on any atom is 0.261 e. The molecule has 0 bridgehead atoms. The minimum absolute atomic E-state index is 0.0379. The highest BCUT2D eigenvalue weighted by atomic mass is 32.2. The first-order chi connectivity index (χ1) is 12.6. The third kappa shape index (κ3) is 4.16. The highest BCUT2D eigenvalue weighted by molar-refractivity contribution is 7.92. The highest BCUT2D eigenvalue weighted by Crippen LogP contribution is 2.29. The van der Waals surface area contributed by atoms with Crippen LogP contribution >= 0.6 is 0 Å². The van der Waals surface area contributed by atoms with Crippen LogP contribution in [0.15, 0.2) is 47.4 Å². The molecule has 3 rings (SSSR count). The van der Waals surface area contributed by atoms with E-state index in [2.05, 4.69) is 25.5 Å². The van der Waals surface area contributed by atoms with Gasteiger partial charge < -0.3 is 4.90 Å². The monoisotopic (exact) mass is 386 g/mol. The summed E-state index contributed by atoms with van der Waals surface area (Å²) in [5.41, 5.74) is 3.20. The second-order valence-corrected chi connectivity index (χ2v) is 9.71. The molecular formula is C21H26N2O3S. The van der Waals surface area contributed by atoms with E-state index in [0.29, 0.717) is 18.7 Å². The number of aryl methyl sites for hydroxylation is 1. The predicted molar refractivity (Wildman–Crippen MR) is 109 cm³/mol. The molecule has 2 aromatic carbocycles. The Morgan fingerprint density at radius 3 is 2.26 bits per heavy atom. The topological polar surface area (TPSA) is 66.5 Å². The molecule has 0 radical (unpaired) electrons. The van der Waals surface area contributed by atoms with Gasteiger partial charge in [-0.15, -0.1) is 0 Å². The third-order valence-electron chi connectivity index (χ3n) is 4.86. The van der Waals surface area contributed by atoms with Crippen molar-refractivity contribution in [1.29, 1.82) is 0 Å². The summed E-state index contributed by atoms with van der Waals surface area (Å²) in [7, 11) is -3.70. The molecule has 1 aliphatic heterocycles. The number of hydrogen-bond donors (Lipinski definition) is 1. The third-order valence-corrected chi connectivity index (χ3v) is 6.25. The van der Waals surface area contributed by atoms with Crippen LogP contribution in [0.1, 0.15) is 44.7 Å². The lowest BCUT2D eigenvalue weighted by Crippen LogP contribution is -2.24. The maximum absolute atomic E-state index is 12.8. The lowest BCUT2D eigenvalue weighted by molar-refractivity contribution is -0.117. The summed E-state index contributed by atoms with van der Waals surface area (Å²) in [6, 6.07) is 12.2. The minimum Gasteiger partial charge on any atom is -0.312 e. The molecule has 6 heteroatoms. The van der Waals surface area contributed by atoms with Crippen LogP contribution in [0.4, 0.5) is 11.4 Å². The number of carbonyl (C=O) groups excluding carboxylic acids is 1. The van der Waals surface area contributed by atoms with Crippen molar-refractivity contribution >= 4 is 27.3 Å². The van der Waals surface area contributed by atoms with E-state index in [1.165, 1.54) is 0 Å². The van der Waals surface area contributed by atoms with Crippen LogP contribution in [0.3, 0.4) is 0 Å². The molecule has 0 spiro atoms. The maximum atomic E-state index is 12.8. The Bertz CT molecular complexity index is 958. The lowest BCUT2D eigenvalue weighted by Gasteiger charge is -2.20. The Hall–Kier alpha value is -2.34. The number of benzene rings is 2. The first-order valence-corrected chi connectivity index (χ1v) is 10.6. The van der Waals surface area contributed by atoms with Crippen LogP contribution in [-0.4, -0.2) is 20.9 Å². The molecule has 144 valence electrons.